The highest BCUT2D eigenvalue weighted by atomic mass is 32.1. The van der Waals surface area contributed by atoms with Gasteiger partial charge in [0.05, 0.1) is 26.8 Å². The van der Waals surface area contributed by atoms with Crippen molar-refractivity contribution in [3.05, 3.63) is 16.0 Å². The lowest BCUT2D eigenvalue weighted by Crippen LogP contribution is -3.06. The van der Waals surface area contributed by atoms with Crippen LogP contribution in [0.3, 0.4) is 0 Å². The lowest BCUT2D eigenvalue weighted by Gasteiger charge is -2.18. The van der Waals surface area contributed by atoms with E-state index in [9.17, 15) is 9.59 Å². The summed E-state index contributed by atoms with van der Waals surface area (Å²) in [6, 6.07) is 0. The van der Waals surface area contributed by atoms with E-state index >= 15 is 0 Å². The van der Waals surface area contributed by atoms with Crippen LogP contribution in [0, 0.1) is 5.92 Å². The van der Waals surface area contributed by atoms with Gasteiger partial charge in [-0.2, -0.15) is 0 Å². The van der Waals surface area contributed by atoms with Gasteiger partial charge in [-0.3, -0.25) is 4.79 Å². The fourth-order valence-corrected chi connectivity index (χ4v) is 4.06. The van der Waals surface area contributed by atoms with Crippen LogP contribution in [0.25, 0.3) is 0 Å². The van der Waals surface area contributed by atoms with Gasteiger partial charge in [0, 0.05) is 4.88 Å². The summed E-state index contributed by atoms with van der Waals surface area (Å²) < 4.78 is 4.90. The van der Waals surface area contributed by atoms with Crippen LogP contribution < -0.4 is 10.2 Å². The summed E-state index contributed by atoms with van der Waals surface area (Å²) in [4.78, 5) is 26.3. The minimum atomic E-state index is -0.352. The molecule has 0 fully saturated rings. The molecule has 0 unspecified atom stereocenters. The summed E-state index contributed by atoms with van der Waals surface area (Å²) in [6.07, 6.45) is 2.92. The van der Waals surface area contributed by atoms with E-state index in [2.05, 4.69) is 12.2 Å². The van der Waals surface area contributed by atoms with Crippen LogP contribution in [0.15, 0.2) is 0 Å². The van der Waals surface area contributed by atoms with Crippen LogP contribution in [-0.2, 0) is 22.4 Å². The second kappa shape index (κ2) is 6.58. The summed E-state index contributed by atoms with van der Waals surface area (Å²) in [5.74, 6) is 0.192. The molecule has 0 aromatic carbocycles. The molecule has 21 heavy (non-hydrogen) atoms. The van der Waals surface area contributed by atoms with E-state index in [1.807, 2.05) is 14.1 Å². The first-order chi connectivity index (χ1) is 9.92. The third-order valence-corrected chi connectivity index (χ3v) is 4.84. The van der Waals surface area contributed by atoms with Crippen LogP contribution in [-0.4, -0.2) is 39.6 Å². The van der Waals surface area contributed by atoms with Gasteiger partial charge in [0.2, 0.25) is 0 Å². The van der Waals surface area contributed by atoms with E-state index in [-0.39, 0.29) is 11.9 Å². The Morgan fingerprint density at radius 1 is 1.43 bits per heavy atom. The molecule has 0 saturated carbocycles. The number of methoxy groups -OCH3 is 1. The van der Waals surface area contributed by atoms with Crippen molar-refractivity contribution in [1.29, 1.82) is 0 Å². The molecular weight excluding hydrogens is 288 g/mol. The van der Waals surface area contributed by atoms with E-state index in [1.54, 1.807) is 0 Å². The Bertz CT molecular complexity index is 551. The molecule has 5 nitrogen and oxygen atoms in total. The van der Waals surface area contributed by atoms with Gasteiger partial charge in [-0.15, -0.1) is 11.3 Å². The van der Waals surface area contributed by atoms with Gasteiger partial charge >= 0.3 is 5.97 Å². The number of carbonyl (C=O) groups is 2. The largest absolute Gasteiger partial charge is 0.465 e. The first-order valence-electron chi connectivity index (χ1n) is 7.24. The van der Waals surface area contributed by atoms with Crippen molar-refractivity contribution in [2.24, 2.45) is 5.92 Å². The van der Waals surface area contributed by atoms with Crippen molar-refractivity contribution in [3.8, 4) is 0 Å². The van der Waals surface area contributed by atoms with Gasteiger partial charge in [0.1, 0.15) is 5.00 Å². The molecule has 0 aliphatic heterocycles. The Hall–Kier alpha value is -1.40. The molecule has 2 N–H and O–H groups in total. The zero-order valence-electron chi connectivity index (χ0n) is 13.0. The second-order valence-corrected chi connectivity index (χ2v) is 7.08. The minimum Gasteiger partial charge on any atom is -0.465 e. The SMILES string of the molecule is COC(=O)c1c(NC(=O)C[NH+](C)C)sc2c1CC[C@@H](C)C2. The van der Waals surface area contributed by atoms with Crippen LogP contribution >= 0.6 is 11.3 Å². The Kier molecular flexibility index (Phi) is 5.00. The highest BCUT2D eigenvalue weighted by Crippen LogP contribution is 2.39. The number of rotatable bonds is 4. The normalized spacial score (nSPS) is 17.5. The summed E-state index contributed by atoms with van der Waals surface area (Å²) in [7, 11) is 5.22. The summed E-state index contributed by atoms with van der Waals surface area (Å²) in [5, 5.41) is 3.53. The molecule has 0 bridgehead atoms. The van der Waals surface area contributed by atoms with Crippen LogP contribution in [0.1, 0.15) is 34.1 Å². The molecule has 116 valence electrons. The van der Waals surface area contributed by atoms with Crippen LogP contribution in [0.5, 0.6) is 0 Å². The molecule has 0 saturated heterocycles. The number of thiophene rings is 1. The van der Waals surface area contributed by atoms with Crippen molar-refractivity contribution >= 4 is 28.2 Å². The van der Waals surface area contributed by atoms with Gasteiger partial charge in [-0.1, -0.05) is 6.92 Å². The summed E-state index contributed by atoms with van der Waals surface area (Å²) in [6.45, 7) is 2.59. The molecule has 0 radical (unpaired) electrons. The van der Waals surface area contributed by atoms with E-state index in [4.69, 9.17) is 4.74 Å². The first-order valence-corrected chi connectivity index (χ1v) is 8.05. The minimum absolute atomic E-state index is 0.0770. The average molecular weight is 311 g/mol. The third-order valence-electron chi connectivity index (χ3n) is 3.67. The molecular formula is C15H23N2O3S+. The number of esters is 1. The predicted molar refractivity (Wildman–Crippen MR) is 83.2 cm³/mol. The van der Waals surface area contributed by atoms with Gasteiger partial charge in [-0.25, -0.2) is 4.79 Å². The Balaban J connectivity index is 2.31. The number of anilines is 1. The van der Waals surface area contributed by atoms with Crippen LogP contribution in [0.2, 0.25) is 0 Å². The van der Waals surface area contributed by atoms with Crippen molar-refractivity contribution in [1.82, 2.24) is 0 Å². The standard InChI is InChI=1S/C15H22N2O3S/c1-9-5-6-10-11(7-9)21-14(13(10)15(19)20-4)16-12(18)8-17(2)3/h9H,5-8H2,1-4H3,(H,16,18)/p+1/t9-/m1/s1. The van der Waals surface area contributed by atoms with E-state index in [0.717, 1.165) is 29.7 Å². The summed E-state index contributed by atoms with van der Waals surface area (Å²) in [5.41, 5.74) is 1.63. The highest BCUT2D eigenvalue weighted by Gasteiger charge is 2.29. The number of likely N-dealkylation sites (N-methyl/N-ethyl adjacent to an activating group) is 1. The number of ether oxygens (including phenoxy) is 1. The van der Waals surface area contributed by atoms with Gasteiger partial charge in [0.25, 0.3) is 5.91 Å². The molecule has 6 heteroatoms. The van der Waals surface area contributed by atoms with Gasteiger partial charge < -0.3 is 15.0 Å². The molecule has 1 heterocycles. The molecule has 0 spiro atoms. The fourth-order valence-electron chi connectivity index (χ4n) is 2.65. The quantitative estimate of drug-likeness (QED) is 0.807. The average Bonchev–Trinajstić information content (AvgIpc) is 2.73. The number of hydrogen-bond donors (Lipinski definition) is 2. The van der Waals surface area contributed by atoms with E-state index in [1.165, 1.54) is 23.3 Å². The zero-order chi connectivity index (χ0) is 15.6. The highest BCUT2D eigenvalue weighted by molar-refractivity contribution is 7.17. The lowest BCUT2D eigenvalue weighted by atomic mass is 9.88. The molecule has 1 atom stereocenters. The van der Waals surface area contributed by atoms with Gasteiger partial charge in [-0.05, 0) is 30.7 Å². The molecule has 1 aliphatic rings. The number of carbonyl (C=O) groups excluding carboxylic acids is 2. The molecule has 2 rings (SSSR count). The molecule has 1 aromatic heterocycles. The van der Waals surface area contributed by atoms with E-state index in [0.29, 0.717) is 23.0 Å². The number of fused-ring (bicyclic) bond motifs is 1. The lowest BCUT2D eigenvalue weighted by molar-refractivity contribution is -0.849. The second-order valence-electron chi connectivity index (χ2n) is 5.98. The number of quaternary nitrogens is 1. The van der Waals surface area contributed by atoms with Crippen LogP contribution in [0.4, 0.5) is 5.00 Å². The monoisotopic (exact) mass is 311 g/mol. The number of hydrogen-bond acceptors (Lipinski definition) is 4. The Morgan fingerprint density at radius 2 is 2.14 bits per heavy atom. The fraction of sp³-hybridized carbons (Fsp3) is 0.600. The Morgan fingerprint density at radius 3 is 2.76 bits per heavy atom. The van der Waals surface area contributed by atoms with Crippen molar-refractivity contribution in [2.45, 2.75) is 26.2 Å². The number of amides is 1. The smallest absolute Gasteiger partial charge is 0.341 e. The summed E-state index contributed by atoms with van der Waals surface area (Å²) >= 11 is 1.52. The molecule has 1 amide bonds. The van der Waals surface area contributed by atoms with Gasteiger partial charge in [0.15, 0.2) is 6.54 Å². The van der Waals surface area contributed by atoms with Crippen molar-refractivity contribution in [2.75, 3.05) is 33.1 Å². The third kappa shape index (κ3) is 3.63. The maximum Gasteiger partial charge on any atom is 0.341 e. The number of nitrogens with one attached hydrogen (secondary N) is 2. The maximum atomic E-state index is 12.1. The zero-order valence-corrected chi connectivity index (χ0v) is 13.9. The van der Waals surface area contributed by atoms with E-state index < -0.39 is 0 Å². The van der Waals surface area contributed by atoms with Crippen molar-refractivity contribution < 1.29 is 19.2 Å². The predicted octanol–water partition coefficient (Wildman–Crippen LogP) is 0.742. The first kappa shape index (κ1) is 16.0. The van der Waals surface area contributed by atoms with Crippen molar-refractivity contribution in [3.63, 3.8) is 0 Å². The topological polar surface area (TPSA) is 59.8 Å². The Labute approximate surface area is 129 Å². The molecule has 1 aliphatic carbocycles. The molecule has 1 aromatic rings. The maximum absolute atomic E-state index is 12.1.